The van der Waals surface area contributed by atoms with Gasteiger partial charge in [0, 0.05) is 28.7 Å². The monoisotopic (exact) mass is 459 g/mol. The summed E-state index contributed by atoms with van der Waals surface area (Å²) in [7, 11) is 0. The number of halogens is 1. The van der Waals surface area contributed by atoms with Gasteiger partial charge in [-0.3, -0.25) is 10.2 Å². The van der Waals surface area contributed by atoms with Crippen LogP contribution in [0.4, 0.5) is 4.39 Å². The minimum absolute atomic E-state index is 0.0347. The number of hydrazone groups is 1. The van der Waals surface area contributed by atoms with Crippen LogP contribution >= 0.6 is 11.8 Å². The van der Waals surface area contributed by atoms with Crippen molar-refractivity contribution in [3.8, 4) is 0 Å². The second kappa shape index (κ2) is 8.12. The molecule has 0 saturated heterocycles. The number of nitrogens with zero attached hydrogens (tertiary/aromatic N) is 4. The molecule has 0 saturated carbocycles. The fourth-order valence-corrected chi connectivity index (χ4v) is 4.92. The van der Waals surface area contributed by atoms with Gasteiger partial charge < -0.3 is 4.57 Å². The summed E-state index contributed by atoms with van der Waals surface area (Å²) >= 11 is 1.33. The predicted octanol–water partition coefficient (Wildman–Crippen LogP) is 5.47. The molecule has 1 aromatic heterocycles. The summed E-state index contributed by atoms with van der Waals surface area (Å²) in [5.74, 6) is -0.665. The normalized spacial score (nSPS) is 17.1. The zero-order chi connectivity index (χ0) is 23.3. The fraction of sp³-hybridized carbons (Fsp3) is 0.200. The summed E-state index contributed by atoms with van der Waals surface area (Å²) in [6.45, 7) is 6.57. The molecule has 0 unspecified atom stereocenters. The maximum atomic E-state index is 13.4. The van der Waals surface area contributed by atoms with E-state index in [1.165, 1.54) is 28.9 Å². The maximum Gasteiger partial charge on any atom is 0.283 e. The van der Waals surface area contributed by atoms with Crippen molar-refractivity contribution in [3.05, 3.63) is 76.2 Å². The van der Waals surface area contributed by atoms with Crippen molar-refractivity contribution < 1.29 is 9.18 Å². The van der Waals surface area contributed by atoms with E-state index in [9.17, 15) is 9.18 Å². The Bertz CT molecular complexity index is 1410. The standard InChI is InChI=1S/C25H22FN5OS/c1-4-22-29-31-23(27)20(24(32)28-25(31)33-22)12-18-15(3)30(13-16-6-8-17(26)9-7-16)21-10-5-14(2)11-19(18)21/h5-12,27H,4,13H2,1-3H3. The highest BCUT2D eigenvalue weighted by atomic mass is 32.2. The first-order chi connectivity index (χ1) is 15.9. The third-order valence-electron chi connectivity index (χ3n) is 5.87. The van der Waals surface area contributed by atoms with Gasteiger partial charge in [0.05, 0.1) is 5.57 Å². The third-order valence-corrected chi connectivity index (χ3v) is 6.92. The zero-order valence-electron chi connectivity index (χ0n) is 18.5. The number of nitrogens with one attached hydrogen (secondary N) is 1. The van der Waals surface area contributed by atoms with Gasteiger partial charge in [-0.1, -0.05) is 30.7 Å². The number of aliphatic imine (C=N–C) groups is 1. The number of carbonyl (C=O) groups is 1. The summed E-state index contributed by atoms with van der Waals surface area (Å²) in [4.78, 5) is 17.0. The summed E-state index contributed by atoms with van der Waals surface area (Å²) in [5, 5.41) is 16.8. The highest BCUT2D eigenvalue weighted by Gasteiger charge is 2.35. The van der Waals surface area contributed by atoms with Crippen molar-refractivity contribution in [2.75, 3.05) is 0 Å². The van der Waals surface area contributed by atoms with E-state index >= 15 is 0 Å². The predicted molar refractivity (Wildman–Crippen MR) is 132 cm³/mol. The molecule has 2 aliphatic rings. The molecule has 2 aliphatic heterocycles. The lowest BCUT2D eigenvalue weighted by molar-refractivity contribution is -0.114. The molecule has 1 N–H and O–H groups in total. The van der Waals surface area contributed by atoms with Gasteiger partial charge in [-0.2, -0.15) is 15.1 Å². The Kier molecular flexibility index (Phi) is 5.25. The van der Waals surface area contributed by atoms with Crippen molar-refractivity contribution in [2.45, 2.75) is 33.7 Å². The molecule has 0 spiro atoms. The van der Waals surface area contributed by atoms with Gasteiger partial charge >= 0.3 is 0 Å². The van der Waals surface area contributed by atoms with Crippen molar-refractivity contribution >= 4 is 50.7 Å². The number of aromatic nitrogens is 1. The number of amides is 1. The van der Waals surface area contributed by atoms with Crippen LogP contribution in [-0.4, -0.2) is 31.5 Å². The molecule has 3 aromatic rings. The zero-order valence-corrected chi connectivity index (χ0v) is 19.3. The molecule has 6 nitrogen and oxygen atoms in total. The molecule has 0 bridgehead atoms. The lowest BCUT2D eigenvalue weighted by Gasteiger charge is -2.20. The Hall–Kier alpha value is -3.52. The summed E-state index contributed by atoms with van der Waals surface area (Å²) in [6, 6.07) is 12.7. The minimum Gasteiger partial charge on any atom is -0.340 e. The van der Waals surface area contributed by atoms with E-state index < -0.39 is 5.91 Å². The molecule has 0 radical (unpaired) electrons. The second-order valence-corrected chi connectivity index (χ2v) is 9.14. The second-order valence-electron chi connectivity index (χ2n) is 8.10. The number of hydrogen-bond acceptors (Lipinski definition) is 4. The summed E-state index contributed by atoms with van der Waals surface area (Å²) in [5.41, 5.74) is 5.12. The summed E-state index contributed by atoms with van der Waals surface area (Å²) in [6.07, 6.45) is 2.48. The van der Waals surface area contributed by atoms with Crippen molar-refractivity contribution in [1.82, 2.24) is 9.58 Å². The van der Waals surface area contributed by atoms with E-state index in [-0.39, 0.29) is 17.2 Å². The van der Waals surface area contributed by atoms with Crippen LogP contribution in [0.2, 0.25) is 0 Å². The molecular weight excluding hydrogens is 437 g/mol. The molecular formula is C25H22FN5OS. The van der Waals surface area contributed by atoms with Crippen LogP contribution in [0.25, 0.3) is 17.0 Å². The minimum atomic E-state index is -0.433. The number of amidine groups is 2. The van der Waals surface area contributed by atoms with Crippen LogP contribution in [-0.2, 0) is 11.3 Å². The molecule has 2 aromatic carbocycles. The van der Waals surface area contributed by atoms with Crippen LogP contribution in [0.15, 0.2) is 58.1 Å². The van der Waals surface area contributed by atoms with Crippen LogP contribution in [0.3, 0.4) is 0 Å². The average Bonchev–Trinajstić information content (AvgIpc) is 3.32. The SMILES string of the molecule is CCC1=NN2C(=N)C(=Cc3c(C)n(Cc4ccc(F)cc4)c4ccc(C)cc34)C(=O)N=C2S1. The molecule has 5 rings (SSSR count). The third kappa shape index (κ3) is 3.70. The van der Waals surface area contributed by atoms with Gasteiger partial charge in [0.1, 0.15) is 10.9 Å². The Morgan fingerprint density at radius 2 is 1.91 bits per heavy atom. The lowest BCUT2D eigenvalue weighted by atomic mass is 10.0. The van der Waals surface area contributed by atoms with E-state index in [4.69, 9.17) is 5.41 Å². The van der Waals surface area contributed by atoms with Crippen LogP contribution in [0.1, 0.15) is 35.7 Å². The average molecular weight is 460 g/mol. The van der Waals surface area contributed by atoms with Gasteiger partial charge in [-0.15, -0.1) is 0 Å². The largest absolute Gasteiger partial charge is 0.340 e. The van der Waals surface area contributed by atoms with Crippen LogP contribution in [0, 0.1) is 25.1 Å². The molecule has 166 valence electrons. The van der Waals surface area contributed by atoms with Crippen LogP contribution in [0.5, 0.6) is 0 Å². The van der Waals surface area contributed by atoms with Gasteiger partial charge in [0.25, 0.3) is 5.91 Å². The van der Waals surface area contributed by atoms with E-state index in [2.05, 4.69) is 26.8 Å². The topological polar surface area (TPSA) is 73.8 Å². The van der Waals surface area contributed by atoms with E-state index in [1.54, 1.807) is 18.2 Å². The number of aryl methyl sites for hydroxylation is 1. The Balaban J connectivity index is 1.63. The molecule has 8 heteroatoms. The van der Waals surface area contributed by atoms with Crippen LogP contribution < -0.4 is 0 Å². The van der Waals surface area contributed by atoms with E-state index in [0.29, 0.717) is 11.7 Å². The first-order valence-electron chi connectivity index (χ1n) is 10.7. The van der Waals surface area contributed by atoms with Crippen molar-refractivity contribution in [3.63, 3.8) is 0 Å². The Morgan fingerprint density at radius 1 is 1.15 bits per heavy atom. The van der Waals surface area contributed by atoms with Crippen molar-refractivity contribution in [1.29, 1.82) is 5.41 Å². The highest BCUT2D eigenvalue weighted by Crippen LogP contribution is 2.33. The van der Waals surface area contributed by atoms with Gasteiger partial charge in [0.15, 0.2) is 5.84 Å². The van der Waals surface area contributed by atoms with Crippen molar-refractivity contribution in [2.24, 2.45) is 10.1 Å². The molecule has 1 amide bonds. The van der Waals surface area contributed by atoms with Gasteiger partial charge in [-0.05, 0) is 67.9 Å². The van der Waals surface area contributed by atoms with Gasteiger partial charge in [-0.25, -0.2) is 4.39 Å². The van der Waals surface area contributed by atoms with Gasteiger partial charge in [0.2, 0.25) is 5.17 Å². The Labute approximate surface area is 195 Å². The van der Waals surface area contributed by atoms with E-state index in [1.807, 2.05) is 26.8 Å². The quantitative estimate of drug-likeness (QED) is 0.526. The first kappa shape index (κ1) is 21.3. The number of hydrogen-bond donors (Lipinski definition) is 1. The number of carbonyl (C=O) groups excluding carboxylic acids is 1. The number of thioether (sulfide) groups is 1. The number of rotatable bonds is 4. The summed E-state index contributed by atoms with van der Waals surface area (Å²) < 4.78 is 15.5. The molecule has 0 fully saturated rings. The fourth-order valence-electron chi connectivity index (χ4n) is 4.10. The Morgan fingerprint density at radius 3 is 2.64 bits per heavy atom. The smallest absolute Gasteiger partial charge is 0.283 e. The molecule has 33 heavy (non-hydrogen) atoms. The molecule has 0 aliphatic carbocycles. The number of benzene rings is 2. The maximum absolute atomic E-state index is 13.4. The lowest BCUT2D eigenvalue weighted by Crippen LogP contribution is -2.35. The number of fused-ring (bicyclic) bond motifs is 2. The molecule has 0 atom stereocenters. The first-order valence-corrected chi connectivity index (χ1v) is 11.5. The van der Waals surface area contributed by atoms with E-state index in [0.717, 1.165) is 44.8 Å². The highest BCUT2D eigenvalue weighted by molar-refractivity contribution is 8.26. The molecule has 3 heterocycles.